The van der Waals surface area contributed by atoms with Gasteiger partial charge >= 0.3 is 0 Å². The van der Waals surface area contributed by atoms with Crippen LogP contribution < -0.4 is 10.6 Å². The summed E-state index contributed by atoms with van der Waals surface area (Å²) in [5.41, 5.74) is 0.755. The zero-order chi connectivity index (χ0) is 13.7. The molecule has 0 aliphatic carbocycles. The van der Waals surface area contributed by atoms with Crippen molar-refractivity contribution >= 4 is 23.2 Å². The summed E-state index contributed by atoms with van der Waals surface area (Å²) >= 11 is 5.88. The number of benzene rings is 1. The Labute approximate surface area is 119 Å². The first-order valence-corrected chi connectivity index (χ1v) is 7.03. The van der Waals surface area contributed by atoms with Crippen molar-refractivity contribution < 1.29 is 4.79 Å². The molecule has 1 aromatic rings. The topological polar surface area (TPSA) is 44.4 Å². The highest BCUT2D eigenvalue weighted by molar-refractivity contribution is 6.30. The highest BCUT2D eigenvalue weighted by Gasteiger charge is 2.18. The molecule has 0 radical (unpaired) electrons. The van der Waals surface area contributed by atoms with Gasteiger partial charge in [-0.15, -0.1) is 0 Å². The largest absolute Gasteiger partial charge is 0.326 e. The van der Waals surface area contributed by atoms with Gasteiger partial charge in [0, 0.05) is 49.4 Å². The summed E-state index contributed by atoms with van der Waals surface area (Å²) in [5.74, 6) is 0.0352. The zero-order valence-corrected chi connectivity index (χ0v) is 11.9. The standard InChI is InChI=1S/C14H20ClN3O/c1-11-10-16-6-8-18(11)7-5-14(19)17-13-4-2-3-12(15)9-13/h2-4,9,11,16H,5-8,10H2,1H3,(H,17,19)/t11-/m0/s1. The van der Waals surface area contributed by atoms with E-state index in [0.29, 0.717) is 17.5 Å². The first-order valence-electron chi connectivity index (χ1n) is 6.65. The summed E-state index contributed by atoms with van der Waals surface area (Å²) in [7, 11) is 0. The Morgan fingerprint density at radius 2 is 2.42 bits per heavy atom. The summed E-state index contributed by atoms with van der Waals surface area (Å²) in [6.45, 7) is 5.98. The van der Waals surface area contributed by atoms with Gasteiger partial charge in [0.25, 0.3) is 0 Å². The van der Waals surface area contributed by atoms with E-state index in [0.717, 1.165) is 31.9 Å². The maximum atomic E-state index is 11.9. The molecule has 1 amide bonds. The molecule has 1 aliphatic heterocycles. The maximum Gasteiger partial charge on any atom is 0.225 e. The van der Waals surface area contributed by atoms with E-state index >= 15 is 0 Å². The highest BCUT2D eigenvalue weighted by atomic mass is 35.5. The number of piperazine rings is 1. The minimum Gasteiger partial charge on any atom is -0.326 e. The Hall–Kier alpha value is -1.10. The number of nitrogens with one attached hydrogen (secondary N) is 2. The fourth-order valence-electron chi connectivity index (χ4n) is 2.25. The predicted molar refractivity (Wildman–Crippen MR) is 78.6 cm³/mol. The van der Waals surface area contributed by atoms with E-state index in [1.807, 2.05) is 12.1 Å². The second-order valence-electron chi connectivity index (χ2n) is 4.90. The molecule has 2 rings (SSSR count). The van der Waals surface area contributed by atoms with Crippen LogP contribution in [0.2, 0.25) is 5.02 Å². The van der Waals surface area contributed by atoms with Crippen LogP contribution in [-0.4, -0.2) is 43.0 Å². The van der Waals surface area contributed by atoms with E-state index in [1.165, 1.54) is 0 Å². The van der Waals surface area contributed by atoms with Crippen LogP contribution in [0.3, 0.4) is 0 Å². The van der Waals surface area contributed by atoms with Crippen molar-refractivity contribution in [3.8, 4) is 0 Å². The van der Waals surface area contributed by atoms with Crippen LogP contribution in [0.1, 0.15) is 13.3 Å². The molecule has 4 nitrogen and oxygen atoms in total. The number of carbonyl (C=O) groups excluding carboxylic acids is 1. The van der Waals surface area contributed by atoms with Crippen LogP contribution in [0.4, 0.5) is 5.69 Å². The van der Waals surface area contributed by atoms with E-state index in [1.54, 1.807) is 12.1 Å². The Morgan fingerprint density at radius 1 is 1.58 bits per heavy atom. The highest BCUT2D eigenvalue weighted by Crippen LogP contribution is 2.15. The maximum absolute atomic E-state index is 11.9. The Kier molecular flexibility index (Phi) is 5.19. The van der Waals surface area contributed by atoms with Crippen LogP contribution >= 0.6 is 11.6 Å². The van der Waals surface area contributed by atoms with Gasteiger partial charge in [-0.2, -0.15) is 0 Å². The van der Waals surface area contributed by atoms with Gasteiger partial charge in [0.1, 0.15) is 0 Å². The summed E-state index contributed by atoms with van der Waals surface area (Å²) in [4.78, 5) is 14.2. The van der Waals surface area contributed by atoms with E-state index in [9.17, 15) is 4.79 Å². The molecule has 1 heterocycles. The van der Waals surface area contributed by atoms with E-state index in [-0.39, 0.29) is 5.91 Å². The molecule has 1 atom stereocenters. The van der Waals surface area contributed by atoms with Crippen molar-refractivity contribution in [1.29, 1.82) is 0 Å². The first-order chi connectivity index (χ1) is 9.15. The second-order valence-corrected chi connectivity index (χ2v) is 5.33. The number of anilines is 1. The van der Waals surface area contributed by atoms with Gasteiger partial charge in [0.15, 0.2) is 0 Å². The van der Waals surface area contributed by atoms with Crippen LogP contribution in [0.25, 0.3) is 0 Å². The lowest BCUT2D eigenvalue weighted by molar-refractivity contribution is -0.116. The Morgan fingerprint density at radius 3 is 3.16 bits per heavy atom. The van der Waals surface area contributed by atoms with E-state index < -0.39 is 0 Å². The molecule has 0 spiro atoms. The number of rotatable bonds is 4. The minimum atomic E-state index is 0.0352. The van der Waals surface area contributed by atoms with Gasteiger partial charge in [-0.3, -0.25) is 9.69 Å². The molecule has 19 heavy (non-hydrogen) atoms. The molecular weight excluding hydrogens is 262 g/mol. The molecule has 0 unspecified atom stereocenters. The number of hydrogen-bond acceptors (Lipinski definition) is 3. The lowest BCUT2D eigenvalue weighted by Crippen LogP contribution is -2.50. The van der Waals surface area contributed by atoms with Gasteiger partial charge in [0.2, 0.25) is 5.91 Å². The molecule has 0 saturated carbocycles. The zero-order valence-electron chi connectivity index (χ0n) is 11.2. The average Bonchev–Trinajstić information content (AvgIpc) is 2.38. The van der Waals surface area contributed by atoms with Crippen molar-refractivity contribution in [1.82, 2.24) is 10.2 Å². The van der Waals surface area contributed by atoms with Crippen LogP contribution in [0.15, 0.2) is 24.3 Å². The van der Waals surface area contributed by atoms with Gasteiger partial charge < -0.3 is 10.6 Å². The first kappa shape index (κ1) is 14.3. The van der Waals surface area contributed by atoms with Crippen molar-refractivity contribution in [3.05, 3.63) is 29.3 Å². The molecule has 1 aromatic carbocycles. The van der Waals surface area contributed by atoms with Gasteiger partial charge in [-0.25, -0.2) is 0 Å². The lowest BCUT2D eigenvalue weighted by atomic mass is 10.2. The SMILES string of the molecule is C[C@H]1CNCCN1CCC(=O)Nc1cccc(Cl)c1. The van der Waals surface area contributed by atoms with E-state index in [2.05, 4.69) is 22.5 Å². The quantitative estimate of drug-likeness (QED) is 0.887. The fourth-order valence-corrected chi connectivity index (χ4v) is 2.44. The van der Waals surface area contributed by atoms with Gasteiger partial charge in [-0.05, 0) is 25.1 Å². The van der Waals surface area contributed by atoms with Crippen molar-refractivity contribution in [2.75, 3.05) is 31.5 Å². The molecule has 1 aliphatic rings. The van der Waals surface area contributed by atoms with Gasteiger partial charge in [-0.1, -0.05) is 17.7 Å². The number of carbonyl (C=O) groups is 1. The van der Waals surface area contributed by atoms with Crippen LogP contribution in [-0.2, 0) is 4.79 Å². The third-order valence-corrected chi connectivity index (χ3v) is 3.61. The molecule has 0 bridgehead atoms. The van der Waals surface area contributed by atoms with Crippen molar-refractivity contribution in [3.63, 3.8) is 0 Å². The second kappa shape index (κ2) is 6.89. The van der Waals surface area contributed by atoms with E-state index in [4.69, 9.17) is 11.6 Å². The molecule has 0 aromatic heterocycles. The lowest BCUT2D eigenvalue weighted by Gasteiger charge is -2.33. The molecule has 104 valence electrons. The normalized spacial score (nSPS) is 20.2. The molecule has 1 saturated heterocycles. The molecule has 1 fully saturated rings. The fraction of sp³-hybridized carbons (Fsp3) is 0.500. The minimum absolute atomic E-state index is 0.0352. The van der Waals surface area contributed by atoms with Crippen molar-refractivity contribution in [2.24, 2.45) is 0 Å². The molecular formula is C14H20ClN3O. The van der Waals surface area contributed by atoms with Crippen molar-refractivity contribution in [2.45, 2.75) is 19.4 Å². The summed E-state index contributed by atoms with van der Waals surface area (Å²) in [5, 5.41) is 6.85. The third kappa shape index (κ3) is 4.49. The summed E-state index contributed by atoms with van der Waals surface area (Å²) in [6.07, 6.45) is 0.511. The predicted octanol–water partition coefficient (Wildman–Crippen LogP) is 1.96. The summed E-state index contributed by atoms with van der Waals surface area (Å²) < 4.78 is 0. The Balaban J connectivity index is 1.78. The number of amides is 1. The van der Waals surface area contributed by atoms with Crippen LogP contribution in [0.5, 0.6) is 0 Å². The number of halogens is 1. The number of nitrogens with zero attached hydrogens (tertiary/aromatic N) is 1. The molecule has 2 N–H and O–H groups in total. The average molecular weight is 282 g/mol. The summed E-state index contributed by atoms with van der Waals surface area (Å²) in [6, 6.07) is 7.72. The monoisotopic (exact) mass is 281 g/mol. The third-order valence-electron chi connectivity index (χ3n) is 3.37. The number of hydrogen-bond donors (Lipinski definition) is 2. The smallest absolute Gasteiger partial charge is 0.225 e. The van der Waals surface area contributed by atoms with Gasteiger partial charge in [0.05, 0.1) is 0 Å². The molecule has 5 heteroatoms. The van der Waals surface area contributed by atoms with Crippen LogP contribution in [0, 0.1) is 0 Å². The Bertz CT molecular complexity index is 438.